The van der Waals surface area contributed by atoms with Crippen molar-refractivity contribution in [1.29, 1.82) is 0 Å². The fourth-order valence-electron chi connectivity index (χ4n) is 1.91. The van der Waals surface area contributed by atoms with E-state index >= 15 is 0 Å². The molecule has 1 N–H and O–H groups in total. The summed E-state index contributed by atoms with van der Waals surface area (Å²) in [6.07, 6.45) is 5.52. The van der Waals surface area contributed by atoms with Crippen LogP contribution in [0.3, 0.4) is 0 Å². The second-order valence-electron chi connectivity index (χ2n) is 5.92. The first-order valence-electron chi connectivity index (χ1n) is 6.56. The maximum absolute atomic E-state index is 3.41. The molecule has 18 heavy (non-hydrogen) atoms. The van der Waals surface area contributed by atoms with Gasteiger partial charge in [-0.05, 0) is 43.9 Å². The molecule has 0 atom stereocenters. The van der Waals surface area contributed by atoms with Crippen molar-refractivity contribution in [1.82, 2.24) is 0 Å². The molecule has 98 valence electrons. The van der Waals surface area contributed by atoms with Crippen molar-refractivity contribution in [2.24, 2.45) is 5.41 Å². The summed E-state index contributed by atoms with van der Waals surface area (Å²) in [6.45, 7) is 11.0. The van der Waals surface area contributed by atoms with E-state index in [1.807, 2.05) is 18.2 Å². The first-order valence-corrected chi connectivity index (χ1v) is 6.56. The van der Waals surface area contributed by atoms with Crippen LogP contribution in [-0.4, -0.2) is 0 Å². The van der Waals surface area contributed by atoms with Crippen LogP contribution >= 0.6 is 0 Å². The molecule has 1 rings (SSSR count). The lowest BCUT2D eigenvalue weighted by molar-refractivity contribution is 0.413. The van der Waals surface area contributed by atoms with E-state index in [9.17, 15) is 0 Å². The predicted octanol–water partition coefficient (Wildman–Crippen LogP) is 5.38. The Bertz CT molecular complexity index is 419. The van der Waals surface area contributed by atoms with Crippen LogP contribution in [0.25, 0.3) is 0 Å². The van der Waals surface area contributed by atoms with E-state index in [0.717, 1.165) is 12.1 Å². The van der Waals surface area contributed by atoms with Gasteiger partial charge in [0, 0.05) is 11.4 Å². The van der Waals surface area contributed by atoms with Crippen LogP contribution in [-0.2, 0) is 0 Å². The molecule has 0 unspecified atom stereocenters. The van der Waals surface area contributed by atoms with E-state index < -0.39 is 0 Å². The van der Waals surface area contributed by atoms with Crippen LogP contribution in [0.4, 0.5) is 5.69 Å². The molecule has 0 fully saturated rings. The lowest BCUT2D eigenvalue weighted by Gasteiger charge is -2.19. The van der Waals surface area contributed by atoms with E-state index in [1.54, 1.807) is 0 Å². The van der Waals surface area contributed by atoms with Crippen LogP contribution in [0.2, 0.25) is 0 Å². The zero-order valence-electron chi connectivity index (χ0n) is 12.2. The van der Waals surface area contributed by atoms with Crippen LogP contribution in [0.15, 0.2) is 53.8 Å². The van der Waals surface area contributed by atoms with Crippen molar-refractivity contribution in [2.75, 3.05) is 5.32 Å². The summed E-state index contributed by atoms with van der Waals surface area (Å²) in [7, 11) is 0. The smallest absolute Gasteiger partial charge is 0.0381 e. The Morgan fingerprint density at radius 3 is 2.28 bits per heavy atom. The summed E-state index contributed by atoms with van der Waals surface area (Å²) >= 11 is 0. The van der Waals surface area contributed by atoms with Gasteiger partial charge in [0.15, 0.2) is 0 Å². The molecular formula is C17H25N. The quantitative estimate of drug-likeness (QED) is 0.700. The maximum Gasteiger partial charge on any atom is 0.0381 e. The van der Waals surface area contributed by atoms with Crippen molar-refractivity contribution in [2.45, 2.75) is 41.0 Å². The molecule has 0 aliphatic rings. The molecule has 1 nitrogen and oxygen atoms in total. The third-order valence-electron chi connectivity index (χ3n) is 2.62. The Labute approximate surface area is 112 Å². The molecule has 0 saturated carbocycles. The lowest BCUT2D eigenvalue weighted by Crippen LogP contribution is -2.06. The summed E-state index contributed by atoms with van der Waals surface area (Å²) in [5.41, 5.74) is 4.02. The molecule has 0 aliphatic heterocycles. The fraction of sp³-hybridized carbons (Fsp3) is 0.412. The third kappa shape index (κ3) is 5.72. The molecule has 1 aromatic rings. The van der Waals surface area contributed by atoms with E-state index in [4.69, 9.17) is 0 Å². The van der Waals surface area contributed by atoms with Crippen molar-refractivity contribution < 1.29 is 0 Å². The second kappa shape index (κ2) is 6.44. The Balaban J connectivity index is 2.70. The minimum Gasteiger partial charge on any atom is -0.359 e. The molecule has 0 aliphatic carbocycles. The van der Waals surface area contributed by atoms with E-state index in [-0.39, 0.29) is 0 Å². The van der Waals surface area contributed by atoms with E-state index in [2.05, 4.69) is 64.2 Å². The first kappa shape index (κ1) is 14.6. The van der Waals surface area contributed by atoms with Gasteiger partial charge in [0.2, 0.25) is 0 Å². The normalized spacial score (nSPS) is 13.6. The summed E-state index contributed by atoms with van der Waals surface area (Å²) in [4.78, 5) is 0. The summed E-state index contributed by atoms with van der Waals surface area (Å²) in [5.74, 6) is 0. The van der Waals surface area contributed by atoms with Gasteiger partial charge in [-0.1, -0.05) is 50.6 Å². The zero-order valence-corrected chi connectivity index (χ0v) is 12.2. The van der Waals surface area contributed by atoms with E-state index in [0.29, 0.717) is 5.41 Å². The lowest BCUT2D eigenvalue weighted by atomic mass is 9.87. The SMILES string of the molecule is C/C=C(\C=C(/C)Nc1ccccc1)CC(C)(C)C. The van der Waals surface area contributed by atoms with Crippen molar-refractivity contribution in [3.8, 4) is 0 Å². The standard InChI is InChI=1S/C17H25N/c1-6-15(13-17(3,4)5)12-14(2)18-16-10-8-7-9-11-16/h6-12,18H,13H2,1-5H3/b14-12+,15-6+. The number of rotatable bonds is 4. The number of para-hydroxylation sites is 1. The average molecular weight is 243 g/mol. The summed E-state index contributed by atoms with van der Waals surface area (Å²) < 4.78 is 0. The third-order valence-corrected chi connectivity index (χ3v) is 2.62. The van der Waals surface area contributed by atoms with Gasteiger partial charge in [0.05, 0.1) is 0 Å². The van der Waals surface area contributed by atoms with Crippen molar-refractivity contribution in [3.05, 3.63) is 53.8 Å². The van der Waals surface area contributed by atoms with Gasteiger partial charge >= 0.3 is 0 Å². The number of allylic oxidation sites excluding steroid dienone is 4. The highest BCUT2D eigenvalue weighted by molar-refractivity contribution is 5.48. The Morgan fingerprint density at radius 1 is 1.17 bits per heavy atom. The second-order valence-corrected chi connectivity index (χ2v) is 5.92. The van der Waals surface area contributed by atoms with E-state index in [1.165, 1.54) is 11.3 Å². The van der Waals surface area contributed by atoms with Gasteiger partial charge in [0.1, 0.15) is 0 Å². The van der Waals surface area contributed by atoms with Crippen LogP contribution in [0, 0.1) is 5.41 Å². The number of benzene rings is 1. The Hall–Kier alpha value is -1.50. The summed E-state index contributed by atoms with van der Waals surface area (Å²) in [6, 6.07) is 10.3. The Morgan fingerprint density at radius 2 is 1.78 bits per heavy atom. The van der Waals surface area contributed by atoms with Gasteiger partial charge in [-0.2, -0.15) is 0 Å². The van der Waals surface area contributed by atoms with Crippen molar-refractivity contribution >= 4 is 5.69 Å². The number of hydrogen-bond acceptors (Lipinski definition) is 1. The van der Waals surface area contributed by atoms with Gasteiger partial charge < -0.3 is 5.32 Å². The molecule has 0 heterocycles. The highest BCUT2D eigenvalue weighted by Gasteiger charge is 2.11. The molecule has 0 radical (unpaired) electrons. The van der Waals surface area contributed by atoms with Crippen LogP contribution < -0.4 is 5.32 Å². The molecule has 0 saturated heterocycles. The molecule has 0 aromatic heterocycles. The molecule has 0 spiro atoms. The molecule has 0 amide bonds. The van der Waals surface area contributed by atoms with Crippen LogP contribution in [0.1, 0.15) is 41.0 Å². The molecular weight excluding hydrogens is 218 g/mol. The predicted molar refractivity (Wildman–Crippen MR) is 81.7 cm³/mol. The van der Waals surface area contributed by atoms with Crippen molar-refractivity contribution in [3.63, 3.8) is 0 Å². The molecule has 1 aromatic carbocycles. The fourth-order valence-corrected chi connectivity index (χ4v) is 1.91. The van der Waals surface area contributed by atoms with Gasteiger partial charge in [-0.25, -0.2) is 0 Å². The maximum atomic E-state index is 3.41. The monoisotopic (exact) mass is 243 g/mol. The highest BCUT2D eigenvalue weighted by atomic mass is 14.9. The topological polar surface area (TPSA) is 12.0 Å². The largest absolute Gasteiger partial charge is 0.359 e. The van der Waals surface area contributed by atoms with Gasteiger partial charge in [0.25, 0.3) is 0 Å². The minimum absolute atomic E-state index is 0.325. The highest BCUT2D eigenvalue weighted by Crippen LogP contribution is 2.25. The van der Waals surface area contributed by atoms with Crippen LogP contribution in [0.5, 0.6) is 0 Å². The number of anilines is 1. The zero-order chi connectivity index (χ0) is 13.6. The molecule has 1 heteroatoms. The number of hydrogen-bond donors (Lipinski definition) is 1. The molecule has 0 bridgehead atoms. The average Bonchev–Trinajstić information content (AvgIpc) is 2.27. The minimum atomic E-state index is 0.325. The first-order chi connectivity index (χ1) is 8.40. The van der Waals surface area contributed by atoms with Gasteiger partial charge in [-0.3, -0.25) is 0 Å². The number of nitrogens with one attached hydrogen (secondary N) is 1. The van der Waals surface area contributed by atoms with Gasteiger partial charge in [-0.15, -0.1) is 0 Å². The Kier molecular flexibility index (Phi) is 5.21. The summed E-state index contributed by atoms with van der Waals surface area (Å²) in [5, 5.41) is 3.41.